The van der Waals surface area contributed by atoms with Gasteiger partial charge in [-0.2, -0.15) is 0 Å². The van der Waals surface area contributed by atoms with Gasteiger partial charge in [0.2, 0.25) is 5.91 Å². The summed E-state index contributed by atoms with van der Waals surface area (Å²) >= 11 is 0. The predicted octanol–water partition coefficient (Wildman–Crippen LogP) is 3.67. The first kappa shape index (κ1) is 22.6. The average molecular weight is 405 g/mol. The van der Waals surface area contributed by atoms with Crippen LogP contribution in [0, 0.1) is 5.92 Å². The van der Waals surface area contributed by atoms with Crippen molar-refractivity contribution in [3.05, 3.63) is 23.9 Å². The van der Waals surface area contributed by atoms with Crippen LogP contribution in [0.1, 0.15) is 69.7 Å². The van der Waals surface area contributed by atoms with Crippen LogP contribution in [-0.4, -0.2) is 41.7 Å². The van der Waals surface area contributed by atoms with Crippen LogP contribution in [0.15, 0.2) is 18.3 Å². The van der Waals surface area contributed by atoms with Crippen molar-refractivity contribution in [1.82, 2.24) is 10.3 Å². The molecule has 1 fully saturated rings. The fraction of sp³-hybridized carbons (Fsp3) is 0.619. The van der Waals surface area contributed by atoms with Crippen molar-refractivity contribution in [2.24, 2.45) is 5.92 Å². The minimum absolute atomic E-state index is 0.288. The Bertz CT molecular complexity index is 706. The Morgan fingerprint density at radius 3 is 2.41 bits per heavy atom. The summed E-state index contributed by atoms with van der Waals surface area (Å²) in [6, 6.07) is 2.32. The first-order valence-electron chi connectivity index (χ1n) is 10.0. The summed E-state index contributed by atoms with van der Waals surface area (Å²) in [5, 5.41) is 5.42. The van der Waals surface area contributed by atoms with Crippen LogP contribution in [0.5, 0.6) is 0 Å². The van der Waals surface area contributed by atoms with E-state index in [1.54, 1.807) is 20.8 Å². The number of hydrogen-bond acceptors (Lipinski definition) is 6. The van der Waals surface area contributed by atoms with Crippen LogP contribution in [-0.2, 0) is 14.3 Å². The number of alkyl carbamates (subject to hydrolysis) is 1. The Morgan fingerprint density at radius 1 is 1.17 bits per heavy atom. The lowest BCUT2D eigenvalue weighted by Gasteiger charge is -2.27. The van der Waals surface area contributed by atoms with Crippen LogP contribution >= 0.6 is 0 Å². The molecule has 160 valence electrons. The maximum atomic E-state index is 12.8. The van der Waals surface area contributed by atoms with Gasteiger partial charge in [0, 0.05) is 6.20 Å². The SMILES string of the molecule is COC(=O)c1ccc(NC(=O)C(CC2CCCCC2)NC(=O)OC(C)(C)C)nc1. The van der Waals surface area contributed by atoms with Crippen molar-refractivity contribution in [2.45, 2.75) is 70.9 Å². The van der Waals surface area contributed by atoms with E-state index in [1.807, 2.05) is 0 Å². The zero-order chi connectivity index (χ0) is 21.4. The Kier molecular flexibility index (Phi) is 7.99. The first-order chi connectivity index (χ1) is 13.7. The second kappa shape index (κ2) is 10.2. The quantitative estimate of drug-likeness (QED) is 0.700. The van der Waals surface area contributed by atoms with Crippen molar-refractivity contribution in [2.75, 3.05) is 12.4 Å². The van der Waals surface area contributed by atoms with E-state index >= 15 is 0 Å². The Hall–Kier alpha value is -2.64. The summed E-state index contributed by atoms with van der Waals surface area (Å²) < 4.78 is 9.95. The van der Waals surface area contributed by atoms with Crippen LogP contribution in [0.2, 0.25) is 0 Å². The fourth-order valence-electron chi connectivity index (χ4n) is 3.36. The number of amides is 2. The molecule has 1 unspecified atom stereocenters. The summed E-state index contributed by atoms with van der Waals surface area (Å²) in [6.07, 6.45) is 6.84. The number of ether oxygens (including phenoxy) is 2. The molecule has 1 aliphatic carbocycles. The molecule has 1 aromatic rings. The standard InChI is InChI=1S/C21H31N3O5/c1-21(2,3)29-20(27)23-16(12-14-8-6-5-7-9-14)18(25)24-17-11-10-15(13-22-17)19(26)28-4/h10-11,13-14,16H,5-9,12H2,1-4H3,(H,23,27)(H,22,24,25). The Morgan fingerprint density at radius 2 is 1.86 bits per heavy atom. The number of carbonyl (C=O) groups is 3. The van der Waals surface area contributed by atoms with Gasteiger partial charge in [-0.1, -0.05) is 32.1 Å². The zero-order valence-corrected chi connectivity index (χ0v) is 17.6. The van der Waals surface area contributed by atoms with E-state index in [1.165, 1.54) is 31.9 Å². The molecule has 1 heterocycles. The van der Waals surface area contributed by atoms with Gasteiger partial charge in [0.25, 0.3) is 0 Å². The highest BCUT2D eigenvalue weighted by molar-refractivity contribution is 5.96. The number of esters is 1. The molecule has 8 heteroatoms. The smallest absolute Gasteiger partial charge is 0.408 e. The maximum absolute atomic E-state index is 12.8. The van der Waals surface area contributed by atoms with Crippen molar-refractivity contribution in [1.29, 1.82) is 0 Å². The number of rotatable bonds is 6. The summed E-state index contributed by atoms with van der Waals surface area (Å²) in [6.45, 7) is 5.32. The van der Waals surface area contributed by atoms with Gasteiger partial charge in [-0.15, -0.1) is 0 Å². The van der Waals surface area contributed by atoms with Crippen molar-refractivity contribution in [3.63, 3.8) is 0 Å². The van der Waals surface area contributed by atoms with Gasteiger partial charge in [0.15, 0.2) is 0 Å². The second-order valence-electron chi connectivity index (χ2n) is 8.35. The maximum Gasteiger partial charge on any atom is 0.408 e. The van der Waals surface area contributed by atoms with Crippen LogP contribution in [0.25, 0.3) is 0 Å². The molecule has 0 spiro atoms. The van der Waals surface area contributed by atoms with Crippen LogP contribution in [0.3, 0.4) is 0 Å². The number of aromatic nitrogens is 1. The van der Waals surface area contributed by atoms with E-state index in [9.17, 15) is 14.4 Å². The Labute approximate surface area is 171 Å². The van der Waals surface area contributed by atoms with E-state index in [2.05, 4.69) is 20.4 Å². The third-order valence-corrected chi connectivity index (χ3v) is 4.74. The molecule has 1 atom stereocenters. The van der Waals surface area contributed by atoms with Gasteiger partial charge in [-0.05, 0) is 45.2 Å². The van der Waals surface area contributed by atoms with E-state index < -0.39 is 23.7 Å². The van der Waals surface area contributed by atoms with E-state index in [4.69, 9.17) is 4.74 Å². The van der Waals surface area contributed by atoms with E-state index in [0.29, 0.717) is 18.2 Å². The number of pyridine rings is 1. The normalized spacial score (nSPS) is 15.9. The molecule has 1 aromatic heterocycles. The molecule has 2 amide bonds. The number of methoxy groups -OCH3 is 1. The van der Waals surface area contributed by atoms with E-state index in [0.717, 1.165) is 25.7 Å². The Balaban J connectivity index is 2.05. The summed E-state index contributed by atoms with van der Waals surface area (Å²) in [4.78, 5) is 40.7. The number of hydrogen-bond donors (Lipinski definition) is 2. The lowest BCUT2D eigenvalue weighted by molar-refractivity contribution is -0.118. The number of nitrogens with zero attached hydrogens (tertiary/aromatic N) is 1. The molecule has 2 N–H and O–H groups in total. The molecule has 2 rings (SSSR count). The molecule has 8 nitrogen and oxygen atoms in total. The van der Waals surface area contributed by atoms with Gasteiger partial charge in [-0.3, -0.25) is 4.79 Å². The monoisotopic (exact) mass is 405 g/mol. The zero-order valence-electron chi connectivity index (χ0n) is 17.6. The van der Waals surface area contributed by atoms with Gasteiger partial charge >= 0.3 is 12.1 Å². The molecule has 29 heavy (non-hydrogen) atoms. The second-order valence-corrected chi connectivity index (χ2v) is 8.35. The lowest BCUT2D eigenvalue weighted by atomic mass is 9.84. The molecule has 1 saturated carbocycles. The highest BCUT2D eigenvalue weighted by Gasteiger charge is 2.28. The molecule has 0 aromatic carbocycles. The molecular formula is C21H31N3O5. The summed E-state index contributed by atoms with van der Waals surface area (Å²) in [5.41, 5.74) is -0.363. The van der Waals surface area contributed by atoms with Gasteiger partial charge in [-0.25, -0.2) is 14.6 Å². The number of carbonyl (C=O) groups excluding carboxylic acids is 3. The third kappa shape index (κ3) is 7.71. The molecule has 0 aliphatic heterocycles. The minimum Gasteiger partial charge on any atom is -0.465 e. The summed E-state index contributed by atoms with van der Waals surface area (Å²) in [5.74, 6) is -0.191. The first-order valence-corrected chi connectivity index (χ1v) is 10.0. The highest BCUT2D eigenvalue weighted by atomic mass is 16.6. The van der Waals surface area contributed by atoms with Gasteiger partial charge in [0.1, 0.15) is 17.5 Å². The lowest BCUT2D eigenvalue weighted by Crippen LogP contribution is -2.47. The topological polar surface area (TPSA) is 107 Å². The molecule has 0 bridgehead atoms. The van der Waals surface area contributed by atoms with Crippen molar-refractivity contribution in [3.8, 4) is 0 Å². The number of anilines is 1. The van der Waals surface area contributed by atoms with Crippen molar-refractivity contribution < 1.29 is 23.9 Å². The van der Waals surface area contributed by atoms with E-state index in [-0.39, 0.29) is 11.5 Å². The molecule has 1 aliphatic rings. The minimum atomic E-state index is -0.727. The number of nitrogens with one attached hydrogen (secondary N) is 2. The van der Waals surface area contributed by atoms with Gasteiger partial charge in [0.05, 0.1) is 12.7 Å². The molecule has 0 saturated heterocycles. The summed E-state index contributed by atoms with van der Waals surface area (Å²) in [7, 11) is 1.29. The largest absolute Gasteiger partial charge is 0.465 e. The van der Waals surface area contributed by atoms with Crippen molar-refractivity contribution >= 4 is 23.8 Å². The van der Waals surface area contributed by atoms with Gasteiger partial charge < -0.3 is 20.1 Å². The predicted molar refractivity (Wildman–Crippen MR) is 109 cm³/mol. The molecule has 0 radical (unpaired) electrons. The van der Waals surface area contributed by atoms with Crippen LogP contribution < -0.4 is 10.6 Å². The third-order valence-electron chi connectivity index (χ3n) is 4.74. The highest BCUT2D eigenvalue weighted by Crippen LogP contribution is 2.27. The molecular weight excluding hydrogens is 374 g/mol. The average Bonchev–Trinajstić information content (AvgIpc) is 2.66. The van der Waals surface area contributed by atoms with Crippen LogP contribution in [0.4, 0.5) is 10.6 Å². The fourth-order valence-corrected chi connectivity index (χ4v) is 3.36.